The summed E-state index contributed by atoms with van der Waals surface area (Å²) in [7, 11) is 0. The van der Waals surface area contributed by atoms with E-state index in [4.69, 9.17) is 11.6 Å². The van der Waals surface area contributed by atoms with Crippen molar-refractivity contribution in [2.24, 2.45) is 0 Å². The summed E-state index contributed by atoms with van der Waals surface area (Å²) in [5.74, 6) is -1.14. The molecule has 1 aromatic carbocycles. The summed E-state index contributed by atoms with van der Waals surface area (Å²) in [6, 6.07) is 6.99. The number of nitrogens with one attached hydrogen (secondary N) is 1. The molecule has 0 amide bonds. The highest BCUT2D eigenvalue weighted by atomic mass is 35.5. The minimum atomic E-state index is -0.641. The van der Waals surface area contributed by atoms with E-state index < -0.39 is 11.8 Å². The molecule has 5 heteroatoms. The van der Waals surface area contributed by atoms with Gasteiger partial charge in [0, 0.05) is 18.0 Å². The third kappa shape index (κ3) is 2.28. The van der Waals surface area contributed by atoms with Crippen molar-refractivity contribution >= 4 is 23.0 Å². The number of aromatic nitrogens is 1. The van der Waals surface area contributed by atoms with Crippen LogP contribution in [0.5, 0.6) is 0 Å². The molecule has 2 rings (SSSR count). The Hall–Kier alpha value is -1.68. The van der Waals surface area contributed by atoms with Crippen LogP contribution in [0.3, 0.4) is 0 Å². The number of hydrogen-bond donors (Lipinski definition) is 1. The van der Waals surface area contributed by atoms with Crippen molar-refractivity contribution in [1.29, 1.82) is 0 Å². The molecule has 2 aromatic rings. The lowest BCUT2D eigenvalue weighted by Crippen LogP contribution is -1.95. The zero-order valence-corrected chi connectivity index (χ0v) is 8.80. The first kappa shape index (κ1) is 10.8. The molecule has 0 fully saturated rings. The van der Waals surface area contributed by atoms with Gasteiger partial charge in [-0.05, 0) is 18.2 Å². The summed E-state index contributed by atoms with van der Waals surface area (Å²) in [5.41, 5.74) is 0.509. The predicted octanol–water partition coefficient (Wildman–Crippen LogP) is 3.76. The number of halogens is 3. The summed E-state index contributed by atoms with van der Waals surface area (Å²) in [5, 5.41) is 2.93. The van der Waals surface area contributed by atoms with Crippen LogP contribution in [-0.4, -0.2) is 4.98 Å². The van der Waals surface area contributed by atoms with Crippen molar-refractivity contribution in [3.05, 3.63) is 53.3 Å². The van der Waals surface area contributed by atoms with Crippen molar-refractivity contribution in [1.82, 2.24) is 4.98 Å². The van der Waals surface area contributed by atoms with E-state index in [1.807, 2.05) is 0 Å². The van der Waals surface area contributed by atoms with E-state index in [0.29, 0.717) is 5.69 Å². The van der Waals surface area contributed by atoms with E-state index in [2.05, 4.69) is 10.3 Å². The van der Waals surface area contributed by atoms with Gasteiger partial charge in [0.05, 0.1) is 10.7 Å². The Morgan fingerprint density at radius 2 is 2.00 bits per heavy atom. The van der Waals surface area contributed by atoms with Crippen molar-refractivity contribution in [2.75, 3.05) is 5.32 Å². The minimum Gasteiger partial charge on any atom is -0.352 e. The van der Waals surface area contributed by atoms with E-state index in [9.17, 15) is 8.78 Å². The Kier molecular flexibility index (Phi) is 3.01. The second-order valence-electron chi connectivity index (χ2n) is 3.09. The molecule has 82 valence electrons. The molecule has 1 heterocycles. The van der Waals surface area contributed by atoms with Gasteiger partial charge in [-0.1, -0.05) is 17.7 Å². The van der Waals surface area contributed by atoms with Crippen LogP contribution in [0.25, 0.3) is 0 Å². The average Bonchev–Trinajstić information content (AvgIpc) is 2.24. The summed E-state index contributed by atoms with van der Waals surface area (Å²) in [6.45, 7) is 0. The van der Waals surface area contributed by atoms with Gasteiger partial charge in [-0.2, -0.15) is 4.39 Å². The average molecular weight is 241 g/mol. The first-order chi connectivity index (χ1) is 7.66. The lowest BCUT2D eigenvalue weighted by atomic mass is 10.3. The molecule has 0 spiro atoms. The van der Waals surface area contributed by atoms with Gasteiger partial charge in [-0.25, -0.2) is 9.37 Å². The van der Waals surface area contributed by atoms with E-state index in [-0.39, 0.29) is 10.7 Å². The quantitative estimate of drug-likeness (QED) is 0.809. The van der Waals surface area contributed by atoms with Crippen LogP contribution in [0.15, 0.2) is 36.5 Å². The molecule has 2 nitrogen and oxygen atoms in total. The van der Waals surface area contributed by atoms with Crippen LogP contribution in [0, 0.1) is 11.8 Å². The Morgan fingerprint density at radius 3 is 2.69 bits per heavy atom. The molecule has 0 aliphatic carbocycles. The lowest BCUT2D eigenvalue weighted by Gasteiger charge is -2.08. The molecule has 0 aliphatic heterocycles. The molecule has 1 aromatic heterocycles. The zero-order chi connectivity index (χ0) is 11.5. The fraction of sp³-hybridized carbons (Fsp3) is 0. The molecule has 0 atom stereocenters. The molecule has 0 saturated heterocycles. The van der Waals surface area contributed by atoms with Gasteiger partial charge in [0.15, 0.2) is 0 Å². The van der Waals surface area contributed by atoms with Gasteiger partial charge in [0.1, 0.15) is 5.82 Å². The summed E-state index contributed by atoms with van der Waals surface area (Å²) in [4.78, 5) is 3.39. The lowest BCUT2D eigenvalue weighted by molar-refractivity contribution is 0.584. The fourth-order valence-corrected chi connectivity index (χ4v) is 1.45. The van der Waals surface area contributed by atoms with Crippen molar-refractivity contribution in [2.45, 2.75) is 0 Å². The van der Waals surface area contributed by atoms with Crippen molar-refractivity contribution in [3.8, 4) is 0 Å². The Labute approximate surface area is 95.9 Å². The highest BCUT2D eigenvalue weighted by Gasteiger charge is 2.07. The Bertz CT molecular complexity index is 497. The van der Waals surface area contributed by atoms with Gasteiger partial charge in [0.2, 0.25) is 5.95 Å². The number of rotatable bonds is 2. The van der Waals surface area contributed by atoms with E-state index >= 15 is 0 Å². The van der Waals surface area contributed by atoms with Crippen LogP contribution in [0.2, 0.25) is 5.02 Å². The minimum absolute atomic E-state index is 0.120. The van der Waals surface area contributed by atoms with Gasteiger partial charge >= 0.3 is 0 Å². The maximum Gasteiger partial charge on any atom is 0.214 e. The van der Waals surface area contributed by atoms with E-state index in [1.165, 1.54) is 24.4 Å². The highest BCUT2D eigenvalue weighted by molar-refractivity contribution is 6.33. The SMILES string of the molecule is Fc1cc(Nc2c(F)cccc2Cl)ccn1. The standard InChI is InChI=1S/C11H7ClF2N2/c12-8-2-1-3-9(13)11(8)16-7-4-5-15-10(14)6-7/h1-6H,(H,15,16). The normalized spacial score (nSPS) is 10.2. The molecule has 0 unspecified atom stereocenters. The van der Waals surface area contributed by atoms with E-state index in [0.717, 1.165) is 6.07 Å². The second-order valence-corrected chi connectivity index (χ2v) is 3.50. The van der Waals surface area contributed by atoms with E-state index in [1.54, 1.807) is 6.07 Å². The summed E-state index contributed by atoms with van der Waals surface area (Å²) in [6.07, 6.45) is 1.28. The highest BCUT2D eigenvalue weighted by Crippen LogP contribution is 2.27. The number of para-hydroxylation sites is 1. The molecular formula is C11H7ClF2N2. The Morgan fingerprint density at radius 1 is 1.19 bits per heavy atom. The fourth-order valence-electron chi connectivity index (χ4n) is 1.24. The van der Waals surface area contributed by atoms with Crippen LogP contribution < -0.4 is 5.32 Å². The third-order valence-corrected chi connectivity index (χ3v) is 2.27. The second kappa shape index (κ2) is 4.45. The predicted molar refractivity (Wildman–Crippen MR) is 58.9 cm³/mol. The van der Waals surface area contributed by atoms with Gasteiger partial charge in [0.25, 0.3) is 0 Å². The largest absolute Gasteiger partial charge is 0.352 e. The summed E-state index contributed by atoms with van der Waals surface area (Å²) >= 11 is 5.81. The van der Waals surface area contributed by atoms with Gasteiger partial charge in [-0.15, -0.1) is 0 Å². The number of nitrogens with zero attached hydrogens (tertiary/aromatic N) is 1. The monoisotopic (exact) mass is 240 g/mol. The van der Waals surface area contributed by atoms with Crippen LogP contribution in [0.4, 0.5) is 20.2 Å². The third-order valence-electron chi connectivity index (χ3n) is 1.96. The van der Waals surface area contributed by atoms with Crippen LogP contribution >= 0.6 is 11.6 Å². The number of anilines is 2. The molecule has 0 saturated carbocycles. The maximum absolute atomic E-state index is 13.4. The van der Waals surface area contributed by atoms with Crippen molar-refractivity contribution < 1.29 is 8.78 Å². The smallest absolute Gasteiger partial charge is 0.214 e. The molecule has 1 N–H and O–H groups in total. The van der Waals surface area contributed by atoms with Crippen molar-refractivity contribution in [3.63, 3.8) is 0 Å². The number of pyridine rings is 1. The van der Waals surface area contributed by atoms with Gasteiger partial charge < -0.3 is 5.32 Å². The molecule has 0 radical (unpaired) electrons. The molecule has 16 heavy (non-hydrogen) atoms. The molecule has 0 bridgehead atoms. The first-order valence-corrected chi connectivity index (χ1v) is 4.87. The van der Waals surface area contributed by atoms with Gasteiger partial charge in [-0.3, -0.25) is 0 Å². The molecule has 0 aliphatic rings. The topological polar surface area (TPSA) is 24.9 Å². The van der Waals surface area contributed by atoms with Crippen LogP contribution in [0.1, 0.15) is 0 Å². The zero-order valence-electron chi connectivity index (χ0n) is 8.05. The Balaban J connectivity index is 2.34. The van der Waals surface area contributed by atoms with Crippen LogP contribution in [-0.2, 0) is 0 Å². The maximum atomic E-state index is 13.4. The molecular weight excluding hydrogens is 234 g/mol. The number of hydrogen-bond acceptors (Lipinski definition) is 2. The number of benzene rings is 1. The first-order valence-electron chi connectivity index (χ1n) is 4.49. The summed E-state index contributed by atoms with van der Waals surface area (Å²) < 4.78 is 26.2.